The van der Waals surface area contributed by atoms with Crippen LogP contribution in [0.2, 0.25) is 0 Å². The SMILES string of the molecule is CCC(C)C(O)CNC(=O)Cc1ccc(C)nc1. The quantitative estimate of drug-likeness (QED) is 0.803. The van der Waals surface area contributed by atoms with Gasteiger partial charge in [-0.15, -0.1) is 0 Å². The number of hydrogen-bond donors (Lipinski definition) is 2. The number of nitrogens with zero attached hydrogens (tertiary/aromatic N) is 1. The van der Waals surface area contributed by atoms with E-state index in [9.17, 15) is 9.90 Å². The van der Waals surface area contributed by atoms with Crippen molar-refractivity contribution in [3.63, 3.8) is 0 Å². The topological polar surface area (TPSA) is 62.2 Å². The summed E-state index contributed by atoms with van der Waals surface area (Å²) in [6.07, 6.45) is 2.44. The van der Waals surface area contributed by atoms with E-state index in [1.54, 1.807) is 6.20 Å². The van der Waals surface area contributed by atoms with Crippen molar-refractivity contribution in [3.8, 4) is 0 Å². The van der Waals surface area contributed by atoms with Crippen LogP contribution in [-0.2, 0) is 11.2 Å². The first-order valence-corrected chi connectivity index (χ1v) is 6.39. The van der Waals surface area contributed by atoms with Crippen molar-refractivity contribution in [2.45, 2.75) is 39.7 Å². The molecule has 4 nitrogen and oxygen atoms in total. The molecule has 0 radical (unpaired) electrons. The molecule has 0 aromatic carbocycles. The molecule has 1 rings (SSSR count). The van der Waals surface area contributed by atoms with Crippen molar-refractivity contribution < 1.29 is 9.90 Å². The Morgan fingerprint density at radius 2 is 2.22 bits per heavy atom. The first kappa shape index (κ1) is 14.6. The van der Waals surface area contributed by atoms with Crippen LogP contribution in [0.3, 0.4) is 0 Å². The van der Waals surface area contributed by atoms with E-state index >= 15 is 0 Å². The Labute approximate surface area is 108 Å². The second kappa shape index (κ2) is 7.11. The molecule has 1 amide bonds. The van der Waals surface area contributed by atoms with Gasteiger partial charge in [0.25, 0.3) is 0 Å². The lowest BCUT2D eigenvalue weighted by atomic mass is 10.0. The monoisotopic (exact) mass is 250 g/mol. The van der Waals surface area contributed by atoms with E-state index in [1.165, 1.54) is 0 Å². The minimum Gasteiger partial charge on any atom is -0.391 e. The standard InChI is InChI=1S/C14H22N2O2/c1-4-10(2)13(17)9-16-14(18)7-12-6-5-11(3)15-8-12/h5-6,8,10,13,17H,4,7,9H2,1-3H3,(H,16,18). The molecule has 1 heterocycles. The van der Waals surface area contributed by atoms with E-state index in [1.807, 2.05) is 32.9 Å². The Hall–Kier alpha value is -1.42. The molecule has 0 saturated carbocycles. The first-order valence-electron chi connectivity index (χ1n) is 6.39. The van der Waals surface area contributed by atoms with Crippen molar-refractivity contribution in [1.82, 2.24) is 10.3 Å². The van der Waals surface area contributed by atoms with Gasteiger partial charge in [-0.1, -0.05) is 26.3 Å². The van der Waals surface area contributed by atoms with Gasteiger partial charge in [0.05, 0.1) is 12.5 Å². The summed E-state index contributed by atoms with van der Waals surface area (Å²) in [4.78, 5) is 15.8. The molecule has 1 aromatic rings. The number of carbonyl (C=O) groups is 1. The van der Waals surface area contributed by atoms with Gasteiger partial charge < -0.3 is 10.4 Å². The van der Waals surface area contributed by atoms with Crippen molar-refractivity contribution in [2.75, 3.05) is 6.54 Å². The number of aryl methyl sites for hydroxylation is 1. The third kappa shape index (κ3) is 4.84. The zero-order valence-electron chi connectivity index (χ0n) is 11.3. The van der Waals surface area contributed by atoms with E-state index in [-0.39, 0.29) is 11.8 Å². The maximum Gasteiger partial charge on any atom is 0.224 e. The summed E-state index contributed by atoms with van der Waals surface area (Å²) in [5.41, 5.74) is 1.82. The Kier molecular flexibility index (Phi) is 5.78. The van der Waals surface area contributed by atoms with Crippen molar-refractivity contribution >= 4 is 5.91 Å². The highest BCUT2D eigenvalue weighted by atomic mass is 16.3. The van der Waals surface area contributed by atoms with E-state index in [2.05, 4.69) is 10.3 Å². The smallest absolute Gasteiger partial charge is 0.224 e. The highest BCUT2D eigenvalue weighted by Gasteiger charge is 2.13. The summed E-state index contributed by atoms with van der Waals surface area (Å²) < 4.78 is 0. The minimum absolute atomic E-state index is 0.0805. The number of aromatic nitrogens is 1. The Morgan fingerprint density at radius 3 is 2.78 bits per heavy atom. The highest BCUT2D eigenvalue weighted by molar-refractivity contribution is 5.78. The predicted molar refractivity (Wildman–Crippen MR) is 71.1 cm³/mol. The molecule has 4 heteroatoms. The molecule has 18 heavy (non-hydrogen) atoms. The first-order chi connectivity index (χ1) is 8.52. The van der Waals surface area contributed by atoms with Crippen LogP contribution in [0.25, 0.3) is 0 Å². The second-order valence-electron chi connectivity index (χ2n) is 4.74. The third-order valence-electron chi connectivity index (χ3n) is 3.15. The van der Waals surface area contributed by atoms with Crippen molar-refractivity contribution in [2.24, 2.45) is 5.92 Å². The van der Waals surface area contributed by atoms with Gasteiger partial charge in [0.15, 0.2) is 0 Å². The summed E-state index contributed by atoms with van der Waals surface area (Å²) in [5.74, 6) is 0.120. The molecule has 2 unspecified atom stereocenters. The number of amides is 1. The second-order valence-corrected chi connectivity index (χ2v) is 4.74. The van der Waals surface area contributed by atoms with Crippen LogP contribution in [0.5, 0.6) is 0 Å². The largest absolute Gasteiger partial charge is 0.391 e. The molecule has 0 aliphatic carbocycles. The van der Waals surface area contributed by atoms with Gasteiger partial charge >= 0.3 is 0 Å². The maximum atomic E-state index is 11.7. The average Bonchev–Trinajstić information content (AvgIpc) is 2.37. The van der Waals surface area contributed by atoms with Crippen LogP contribution in [0.1, 0.15) is 31.5 Å². The normalized spacial score (nSPS) is 14.0. The fourth-order valence-corrected chi connectivity index (χ4v) is 1.54. The lowest BCUT2D eigenvalue weighted by Gasteiger charge is -2.17. The lowest BCUT2D eigenvalue weighted by molar-refractivity contribution is -0.121. The zero-order valence-corrected chi connectivity index (χ0v) is 11.3. The summed E-state index contributed by atoms with van der Waals surface area (Å²) in [5, 5.41) is 12.5. The van der Waals surface area contributed by atoms with Crippen LogP contribution in [-0.4, -0.2) is 28.6 Å². The molecular weight excluding hydrogens is 228 g/mol. The van der Waals surface area contributed by atoms with Gasteiger partial charge in [0.2, 0.25) is 5.91 Å². The summed E-state index contributed by atoms with van der Waals surface area (Å²) in [6, 6.07) is 3.78. The summed E-state index contributed by atoms with van der Waals surface area (Å²) in [7, 11) is 0. The number of nitrogens with one attached hydrogen (secondary N) is 1. The summed E-state index contributed by atoms with van der Waals surface area (Å²) in [6.45, 7) is 6.22. The van der Waals surface area contributed by atoms with Crippen molar-refractivity contribution in [1.29, 1.82) is 0 Å². The van der Waals surface area contributed by atoms with Crippen LogP contribution < -0.4 is 5.32 Å². The minimum atomic E-state index is -0.477. The van der Waals surface area contributed by atoms with Crippen LogP contribution in [0.4, 0.5) is 0 Å². The number of pyridine rings is 1. The molecule has 2 N–H and O–H groups in total. The zero-order chi connectivity index (χ0) is 13.5. The number of rotatable bonds is 6. The van der Waals surface area contributed by atoms with E-state index in [0.29, 0.717) is 13.0 Å². The molecule has 0 saturated heterocycles. The molecule has 0 fully saturated rings. The van der Waals surface area contributed by atoms with Gasteiger partial charge in [-0.05, 0) is 24.5 Å². The number of hydrogen-bond acceptors (Lipinski definition) is 3. The third-order valence-corrected chi connectivity index (χ3v) is 3.15. The molecule has 1 aromatic heterocycles. The molecule has 0 bridgehead atoms. The molecule has 0 aliphatic rings. The fraction of sp³-hybridized carbons (Fsp3) is 0.571. The molecule has 2 atom stereocenters. The Morgan fingerprint density at radius 1 is 1.50 bits per heavy atom. The van der Waals surface area contributed by atoms with Crippen LogP contribution in [0, 0.1) is 12.8 Å². The number of aliphatic hydroxyl groups is 1. The number of carbonyl (C=O) groups excluding carboxylic acids is 1. The van der Waals surface area contributed by atoms with Crippen LogP contribution in [0.15, 0.2) is 18.3 Å². The van der Waals surface area contributed by atoms with E-state index in [0.717, 1.165) is 17.7 Å². The molecule has 100 valence electrons. The maximum absolute atomic E-state index is 11.7. The van der Waals surface area contributed by atoms with Crippen LogP contribution >= 0.6 is 0 Å². The predicted octanol–water partition coefficient (Wildman–Crippen LogP) is 1.46. The van der Waals surface area contributed by atoms with Gasteiger partial charge in [-0.2, -0.15) is 0 Å². The molecular formula is C14H22N2O2. The fourth-order valence-electron chi connectivity index (χ4n) is 1.54. The lowest BCUT2D eigenvalue weighted by Crippen LogP contribution is -2.36. The van der Waals surface area contributed by atoms with E-state index < -0.39 is 6.10 Å². The Balaban J connectivity index is 2.36. The molecule has 0 aliphatic heterocycles. The number of aliphatic hydroxyl groups excluding tert-OH is 1. The van der Waals surface area contributed by atoms with Crippen molar-refractivity contribution in [3.05, 3.63) is 29.6 Å². The average molecular weight is 250 g/mol. The van der Waals surface area contributed by atoms with Gasteiger partial charge in [-0.25, -0.2) is 0 Å². The molecule has 0 spiro atoms. The van der Waals surface area contributed by atoms with Gasteiger partial charge in [0.1, 0.15) is 0 Å². The highest BCUT2D eigenvalue weighted by Crippen LogP contribution is 2.06. The Bertz CT molecular complexity index is 376. The summed E-state index contributed by atoms with van der Waals surface area (Å²) >= 11 is 0. The van der Waals surface area contributed by atoms with Gasteiger partial charge in [0, 0.05) is 18.4 Å². The van der Waals surface area contributed by atoms with E-state index in [4.69, 9.17) is 0 Å². The van der Waals surface area contributed by atoms with Gasteiger partial charge in [-0.3, -0.25) is 9.78 Å².